The number of benzene rings is 2. The summed E-state index contributed by atoms with van der Waals surface area (Å²) in [7, 11) is 0. The molecular formula is C19H19ClN2O2. The summed E-state index contributed by atoms with van der Waals surface area (Å²) in [4.78, 5) is 26.5. The van der Waals surface area contributed by atoms with Crippen LogP contribution in [0.2, 0.25) is 5.02 Å². The number of aryl methyl sites for hydroxylation is 2. The van der Waals surface area contributed by atoms with Crippen molar-refractivity contribution in [2.45, 2.75) is 20.3 Å². The molecule has 2 aromatic carbocycles. The van der Waals surface area contributed by atoms with Gasteiger partial charge in [-0.2, -0.15) is 0 Å². The van der Waals surface area contributed by atoms with Gasteiger partial charge < -0.3 is 10.2 Å². The van der Waals surface area contributed by atoms with Crippen LogP contribution in [0.5, 0.6) is 0 Å². The third-order valence-corrected chi connectivity index (χ3v) is 4.52. The minimum absolute atomic E-state index is 0.0215. The molecule has 2 aromatic rings. The topological polar surface area (TPSA) is 49.4 Å². The molecule has 24 heavy (non-hydrogen) atoms. The van der Waals surface area contributed by atoms with Gasteiger partial charge in [-0.15, -0.1) is 0 Å². The van der Waals surface area contributed by atoms with E-state index in [2.05, 4.69) is 5.32 Å². The average molecular weight is 343 g/mol. The van der Waals surface area contributed by atoms with Crippen LogP contribution in [0.25, 0.3) is 0 Å². The van der Waals surface area contributed by atoms with Crippen molar-refractivity contribution in [1.82, 2.24) is 0 Å². The molecule has 1 heterocycles. The van der Waals surface area contributed by atoms with E-state index in [0.717, 1.165) is 22.5 Å². The average Bonchev–Trinajstić information content (AvgIpc) is 2.93. The zero-order valence-corrected chi connectivity index (χ0v) is 14.4. The van der Waals surface area contributed by atoms with Gasteiger partial charge in [-0.3, -0.25) is 9.59 Å². The lowest BCUT2D eigenvalue weighted by molar-refractivity contribution is -0.122. The molecule has 1 fully saturated rings. The lowest BCUT2D eigenvalue weighted by atomic mass is 10.1. The van der Waals surface area contributed by atoms with Crippen molar-refractivity contribution in [3.05, 3.63) is 58.6 Å². The Morgan fingerprint density at radius 3 is 2.54 bits per heavy atom. The lowest BCUT2D eigenvalue weighted by Gasteiger charge is -2.17. The first-order valence-electron chi connectivity index (χ1n) is 7.88. The third kappa shape index (κ3) is 3.44. The predicted molar refractivity (Wildman–Crippen MR) is 96.5 cm³/mol. The van der Waals surface area contributed by atoms with Crippen molar-refractivity contribution in [1.29, 1.82) is 0 Å². The number of hydrogen-bond acceptors (Lipinski definition) is 2. The zero-order valence-electron chi connectivity index (χ0n) is 13.7. The molecular weight excluding hydrogens is 324 g/mol. The van der Waals surface area contributed by atoms with Gasteiger partial charge >= 0.3 is 0 Å². The molecule has 4 nitrogen and oxygen atoms in total. The van der Waals surface area contributed by atoms with Crippen LogP contribution in [-0.4, -0.2) is 18.4 Å². The number of anilines is 2. The van der Waals surface area contributed by atoms with Crippen molar-refractivity contribution in [3.63, 3.8) is 0 Å². The number of nitrogens with one attached hydrogen (secondary N) is 1. The SMILES string of the molecule is Cc1ccc(N2C[C@H](C(=O)Nc3ccc(Cl)cc3C)CC2=O)cc1. The first kappa shape index (κ1) is 16.5. The van der Waals surface area contributed by atoms with Crippen molar-refractivity contribution < 1.29 is 9.59 Å². The Balaban J connectivity index is 1.70. The highest BCUT2D eigenvalue weighted by Crippen LogP contribution is 2.27. The van der Waals surface area contributed by atoms with E-state index in [-0.39, 0.29) is 24.2 Å². The van der Waals surface area contributed by atoms with Gasteiger partial charge in [0.25, 0.3) is 0 Å². The second-order valence-electron chi connectivity index (χ2n) is 6.19. The van der Waals surface area contributed by atoms with Crippen molar-refractivity contribution in [2.24, 2.45) is 5.92 Å². The van der Waals surface area contributed by atoms with Crippen LogP contribution in [0.15, 0.2) is 42.5 Å². The minimum Gasteiger partial charge on any atom is -0.326 e. The van der Waals surface area contributed by atoms with Crippen molar-refractivity contribution >= 4 is 34.8 Å². The molecule has 0 spiro atoms. The van der Waals surface area contributed by atoms with Gasteiger partial charge in [0.1, 0.15) is 0 Å². The van der Waals surface area contributed by atoms with Gasteiger partial charge in [0.2, 0.25) is 11.8 Å². The first-order valence-corrected chi connectivity index (χ1v) is 8.26. The summed E-state index contributed by atoms with van der Waals surface area (Å²) in [6.45, 7) is 4.29. The van der Waals surface area contributed by atoms with Crippen molar-refractivity contribution in [3.8, 4) is 0 Å². The number of nitrogens with zero attached hydrogens (tertiary/aromatic N) is 1. The maximum Gasteiger partial charge on any atom is 0.229 e. The number of carbonyl (C=O) groups is 2. The number of rotatable bonds is 3. The van der Waals surface area contributed by atoms with Crippen LogP contribution >= 0.6 is 11.6 Å². The Morgan fingerprint density at radius 2 is 1.88 bits per heavy atom. The molecule has 0 saturated carbocycles. The van der Waals surface area contributed by atoms with E-state index in [9.17, 15) is 9.59 Å². The molecule has 1 N–H and O–H groups in total. The molecule has 1 atom stereocenters. The largest absolute Gasteiger partial charge is 0.326 e. The van der Waals surface area contributed by atoms with Crippen LogP contribution in [0, 0.1) is 19.8 Å². The lowest BCUT2D eigenvalue weighted by Crippen LogP contribution is -2.28. The summed E-state index contributed by atoms with van der Waals surface area (Å²) < 4.78 is 0. The van der Waals surface area contributed by atoms with E-state index in [1.165, 1.54) is 0 Å². The molecule has 0 aromatic heterocycles. The molecule has 0 unspecified atom stereocenters. The fraction of sp³-hybridized carbons (Fsp3) is 0.263. The van der Waals surface area contributed by atoms with E-state index in [0.29, 0.717) is 11.6 Å². The number of halogens is 1. The number of amides is 2. The molecule has 1 aliphatic heterocycles. The molecule has 0 bridgehead atoms. The second kappa shape index (κ2) is 6.65. The van der Waals surface area contributed by atoms with Crippen LogP contribution in [0.4, 0.5) is 11.4 Å². The highest BCUT2D eigenvalue weighted by molar-refractivity contribution is 6.30. The second-order valence-corrected chi connectivity index (χ2v) is 6.63. The number of carbonyl (C=O) groups excluding carboxylic acids is 2. The monoisotopic (exact) mass is 342 g/mol. The molecule has 1 aliphatic rings. The molecule has 0 aliphatic carbocycles. The van der Waals surface area contributed by atoms with E-state index >= 15 is 0 Å². The Hall–Kier alpha value is -2.33. The van der Waals surface area contributed by atoms with E-state index < -0.39 is 0 Å². The summed E-state index contributed by atoms with van der Waals surface area (Å²) in [5.74, 6) is -0.510. The van der Waals surface area contributed by atoms with E-state index in [4.69, 9.17) is 11.6 Å². The van der Waals surface area contributed by atoms with Crippen LogP contribution in [-0.2, 0) is 9.59 Å². The molecule has 1 saturated heterocycles. The van der Waals surface area contributed by atoms with Gasteiger partial charge in [0.05, 0.1) is 5.92 Å². The quantitative estimate of drug-likeness (QED) is 0.918. The van der Waals surface area contributed by atoms with Gasteiger partial charge in [0, 0.05) is 29.4 Å². The van der Waals surface area contributed by atoms with E-state index in [1.807, 2.05) is 38.1 Å². The Bertz CT molecular complexity index is 786. The highest BCUT2D eigenvalue weighted by atomic mass is 35.5. The molecule has 2 amide bonds. The van der Waals surface area contributed by atoms with Crippen LogP contribution in [0.3, 0.4) is 0 Å². The van der Waals surface area contributed by atoms with Crippen LogP contribution < -0.4 is 10.2 Å². The maximum absolute atomic E-state index is 12.5. The smallest absolute Gasteiger partial charge is 0.229 e. The number of hydrogen-bond donors (Lipinski definition) is 1. The molecule has 5 heteroatoms. The van der Waals surface area contributed by atoms with Gasteiger partial charge in [-0.25, -0.2) is 0 Å². The summed E-state index contributed by atoms with van der Waals surface area (Å²) in [6, 6.07) is 13.1. The summed E-state index contributed by atoms with van der Waals surface area (Å²) in [5.41, 5.74) is 3.60. The standard InChI is InChI=1S/C19H19ClN2O2/c1-12-3-6-16(7-4-12)22-11-14(10-18(22)23)19(24)21-17-8-5-15(20)9-13(17)2/h3-9,14H,10-11H2,1-2H3,(H,21,24)/t14-/m1/s1. The van der Waals surface area contributed by atoms with Gasteiger partial charge in [-0.1, -0.05) is 29.3 Å². The Kier molecular flexibility index (Phi) is 4.58. The van der Waals surface area contributed by atoms with E-state index in [1.54, 1.807) is 23.1 Å². The fourth-order valence-corrected chi connectivity index (χ4v) is 3.09. The van der Waals surface area contributed by atoms with Crippen molar-refractivity contribution in [2.75, 3.05) is 16.8 Å². The normalized spacial score (nSPS) is 17.2. The summed E-state index contributed by atoms with van der Waals surface area (Å²) in [5, 5.41) is 3.54. The summed E-state index contributed by atoms with van der Waals surface area (Å²) in [6.07, 6.45) is 0.229. The predicted octanol–water partition coefficient (Wildman–Crippen LogP) is 3.95. The Morgan fingerprint density at radius 1 is 1.17 bits per heavy atom. The molecule has 3 rings (SSSR count). The summed E-state index contributed by atoms with van der Waals surface area (Å²) >= 11 is 5.93. The first-order chi connectivity index (χ1) is 11.4. The molecule has 0 radical (unpaired) electrons. The van der Waals surface area contributed by atoms with Gasteiger partial charge in [-0.05, 0) is 49.7 Å². The minimum atomic E-state index is -0.353. The van der Waals surface area contributed by atoms with Crippen LogP contribution in [0.1, 0.15) is 17.5 Å². The third-order valence-electron chi connectivity index (χ3n) is 4.29. The fourth-order valence-electron chi connectivity index (χ4n) is 2.86. The maximum atomic E-state index is 12.5. The molecule has 124 valence electrons. The van der Waals surface area contributed by atoms with Gasteiger partial charge in [0.15, 0.2) is 0 Å². The zero-order chi connectivity index (χ0) is 17.3. The Labute approximate surface area is 146 Å². The highest BCUT2D eigenvalue weighted by Gasteiger charge is 2.35.